The molecule has 0 fully saturated rings. The summed E-state index contributed by atoms with van der Waals surface area (Å²) in [5, 5.41) is 20.9. The van der Waals surface area contributed by atoms with E-state index in [1.165, 1.54) is 0 Å². The molecule has 0 aliphatic heterocycles. The van der Waals surface area contributed by atoms with Crippen LogP contribution in [0.5, 0.6) is 5.75 Å². The molecule has 0 heterocycles. The van der Waals surface area contributed by atoms with Crippen LogP contribution in [0.2, 0.25) is 0 Å². The first-order chi connectivity index (χ1) is 9.49. The molecule has 1 rings (SSSR count). The van der Waals surface area contributed by atoms with Crippen molar-refractivity contribution in [1.82, 2.24) is 5.32 Å². The van der Waals surface area contributed by atoms with Gasteiger partial charge in [-0.15, -0.1) is 0 Å². The first-order valence-electron chi connectivity index (χ1n) is 6.74. The molecule has 110 valence electrons. The van der Waals surface area contributed by atoms with Crippen molar-refractivity contribution in [1.29, 1.82) is 0 Å². The average Bonchev–Trinajstić information content (AvgIpc) is 2.42. The van der Waals surface area contributed by atoms with E-state index in [2.05, 4.69) is 5.32 Å². The van der Waals surface area contributed by atoms with Gasteiger partial charge in [-0.2, -0.15) is 0 Å². The number of nitrogens with one attached hydrogen (secondary N) is 1. The third kappa shape index (κ3) is 6.22. The summed E-state index contributed by atoms with van der Waals surface area (Å²) in [6.45, 7) is 2.39. The maximum atomic E-state index is 11.7. The number of aromatic hydroxyl groups is 1. The molecule has 1 aromatic carbocycles. The predicted octanol–water partition coefficient (Wildman–Crippen LogP) is 1.94. The van der Waals surface area contributed by atoms with Crippen molar-refractivity contribution in [3.05, 3.63) is 29.8 Å². The van der Waals surface area contributed by atoms with Crippen molar-refractivity contribution in [2.24, 2.45) is 5.92 Å². The predicted molar refractivity (Wildman–Crippen MR) is 75.5 cm³/mol. The zero-order valence-corrected chi connectivity index (χ0v) is 11.6. The maximum Gasteiger partial charge on any atom is 0.303 e. The Morgan fingerprint density at radius 1 is 1.25 bits per heavy atom. The van der Waals surface area contributed by atoms with E-state index in [4.69, 9.17) is 5.11 Å². The summed E-state index contributed by atoms with van der Waals surface area (Å²) in [4.78, 5) is 22.1. The van der Waals surface area contributed by atoms with Gasteiger partial charge < -0.3 is 15.5 Å². The van der Waals surface area contributed by atoms with E-state index < -0.39 is 5.97 Å². The fraction of sp³-hybridized carbons (Fsp3) is 0.467. The minimum Gasteiger partial charge on any atom is -0.508 e. The number of aliphatic carboxylic acids is 1. The van der Waals surface area contributed by atoms with Crippen LogP contribution in [0.15, 0.2) is 24.3 Å². The summed E-state index contributed by atoms with van der Waals surface area (Å²) in [6, 6.07) is 6.95. The van der Waals surface area contributed by atoms with Crippen LogP contribution >= 0.6 is 0 Å². The van der Waals surface area contributed by atoms with Gasteiger partial charge in [0.05, 0.1) is 0 Å². The normalized spacial score (nSPS) is 11.8. The van der Waals surface area contributed by atoms with Crippen molar-refractivity contribution >= 4 is 11.9 Å². The Morgan fingerprint density at radius 2 is 1.95 bits per heavy atom. The van der Waals surface area contributed by atoms with Crippen LogP contribution in [0.4, 0.5) is 0 Å². The molecule has 0 aliphatic carbocycles. The number of amides is 1. The van der Waals surface area contributed by atoms with Gasteiger partial charge in [-0.1, -0.05) is 25.1 Å². The van der Waals surface area contributed by atoms with E-state index in [9.17, 15) is 14.7 Å². The molecule has 1 atom stereocenters. The molecule has 1 amide bonds. The lowest BCUT2D eigenvalue weighted by Gasteiger charge is -2.11. The zero-order chi connectivity index (χ0) is 15.0. The van der Waals surface area contributed by atoms with Gasteiger partial charge in [0, 0.05) is 19.4 Å². The van der Waals surface area contributed by atoms with Gasteiger partial charge in [0.1, 0.15) is 5.75 Å². The number of carbonyl (C=O) groups excluding carboxylic acids is 1. The Labute approximate surface area is 118 Å². The van der Waals surface area contributed by atoms with E-state index in [0.717, 1.165) is 5.56 Å². The average molecular weight is 279 g/mol. The van der Waals surface area contributed by atoms with E-state index in [0.29, 0.717) is 25.8 Å². The van der Waals surface area contributed by atoms with Crippen LogP contribution in [0.25, 0.3) is 0 Å². The number of carboxylic acids is 1. The highest BCUT2D eigenvalue weighted by Gasteiger charge is 2.09. The topological polar surface area (TPSA) is 86.6 Å². The fourth-order valence-electron chi connectivity index (χ4n) is 1.82. The molecule has 0 radical (unpaired) electrons. The molecule has 5 heteroatoms. The summed E-state index contributed by atoms with van der Waals surface area (Å²) in [6.07, 6.45) is 1.47. The molecule has 0 saturated heterocycles. The lowest BCUT2D eigenvalue weighted by Crippen LogP contribution is -2.28. The van der Waals surface area contributed by atoms with Crippen LogP contribution in [0.3, 0.4) is 0 Å². The van der Waals surface area contributed by atoms with E-state index >= 15 is 0 Å². The fourth-order valence-corrected chi connectivity index (χ4v) is 1.82. The first kappa shape index (κ1) is 16.0. The maximum absolute atomic E-state index is 11.7. The van der Waals surface area contributed by atoms with Gasteiger partial charge in [0.15, 0.2) is 0 Å². The standard InChI is InChI=1S/C15H21NO4/c1-11(6-9-15(19)20)10-16-14(18)8-7-12-4-2-3-5-13(12)17/h2-5,11,17H,6-10H2,1H3,(H,16,18)(H,19,20). The SMILES string of the molecule is CC(CCC(=O)O)CNC(=O)CCc1ccccc1O. The van der Waals surface area contributed by atoms with Crippen molar-refractivity contribution in [2.45, 2.75) is 32.6 Å². The van der Waals surface area contributed by atoms with Crippen LogP contribution in [-0.4, -0.2) is 28.6 Å². The van der Waals surface area contributed by atoms with Crippen molar-refractivity contribution in [3.63, 3.8) is 0 Å². The number of carboxylic acid groups (broad SMARTS) is 1. The highest BCUT2D eigenvalue weighted by atomic mass is 16.4. The number of hydrogen-bond donors (Lipinski definition) is 3. The molecule has 20 heavy (non-hydrogen) atoms. The molecule has 5 nitrogen and oxygen atoms in total. The zero-order valence-electron chi connectivity index (χ0n) is 11.6. The minimum atomic E-state index is -0.817. The summed E-state index contributed by atoms with van der Waals surface area (Å²) in [5.74, 6) is -0.562. The van der Waals surface area contributed by atoms with Gasteiger partial charge >= 0.3 is 5.97 Å². The van der Waals surface area contributed by atoms with Crippen LogP contribution in [-0.2, 0) is 16.0 Å². The summed E-state index contributed by atoms with van der Waals surface area (Å²) >= 11 is 0. The number of hydrogen-bond acceptors (Lipinski definition) is 3. The number of phenols is 1. The smallest absolute Gasteiger partial charge is 0.303 e. The third-order valence-electron chi connectivity index (χ3n) is 3.11. The van der Waals surface area contributed by atoms with Gasteiger partial charge in [-0.3, -0.25) is 9.59 Å². The largest absolute Gasteiger partial charge is 0.508 e. The molecule has 0 bridgehead atoms. The van der Waals surface area contributed by atoms with E-state index in [1.54, 1.807) is 18.2 Å². The Morgan fingerprint density at radius 3 is 2.60 bits per heavy atom. The van der Waals surface area contributed by atoms with Crippen LogP contribution in [0.1, 0.15) is 31.7 Å². The molecule has 1 aromatic rings. The Hall–Kier alpha value is -2.04. The number of phenolic OH excluding ortho intramolecular Hbond substituents is 1. The monoisotopic (exact) mass is 279 g/mol. The van der Waals surface area contributed by atoms with Gasteiger partial charge in [0.2, 0.25) is 5.91 Å². The van der Waals surface area contributed by atoms with Gasteiger partial charge in [-0.25, -0.2) is 0 Å². The van der Waals surface area contributed by atoms with Gasteiger partial charge in [0.25, 0.3) is 0 Å². The number of aryl methyl sites for hydroxylation is 1. The van der Waals surface area contributed by atoms with Crippen LogP contribution < -0.4 is 5.32 Å². The highest BCUT2D eigenvalue weighted by molar-refractivity contribution is 5.76. The molecule has 0 saturated carbocycles. The molecule has 0 spiro atoms. The molecule has 0 aliphatic rings. The van der Waals surface area contributed by atoms with Crippen molar-refractivity contribution in [3.8, 4) is 5.75 Å². The number of para-hydroxylation sites is 1. The number of carbonyl (C=O) groups is 2. The van der Waals surface area contributed by atoms with Gasteiger partial charge in [-0.05, 0) is 30.4 Å². The van der Waals surface area contributed by atoms with Crippen LogP contribution in [0, 0.1) is 5.92 Å². The quantitative estimate of drug-likeness (QED) is 0.678. The second-order valence-electron chi connectivity index (χ2n) is 4.97. The van der Waals surface area contributed by atoms with Crippen molar-refractivity contribution < 1.29 is 19.8 Å². The molecule has 1 unspecified atom stereocenters. The molecular weight excluding hydrogens is 258 g/mol. The number of rotatable bonds is 8. The Balaban J connectivity index is 2.24. The third-order valence-corrected chi connectivity index (χ3v) is 3.11. The highest BCUT2D eigenvalue weighted by Crippen LogP contribution is 2.17. The second-order valence-corrected chi connectivity index (χ2v) is 4.97. The summed E-state index contributed by atoms with van der Waals surface area (Å²) in [5.41, 5.74) is 0.751. The van der Waals surface area contributed by atoms with E-state index in [1.807, 2.05) is 13.0 Å². The first-order valence-corrected chi connectivity index (χ1v) is 6.74. The lowest BCUT2D eigenvalue weighted by atomic mass is 10.1. The summed E-state index contributed by atoms with van der Waals surface area (Å²) < 4.78 is 0. The number of benzene rings is 1. The Kier molecular flexibility index (Phi) is 6.56. The summed E-state index contributed by atoms with van der Waals surface area (Å²) in [7, 11) is 0. The molecule has 3 N–H and O–H groups in total. The van der Waals surface area contributed by atoms with Crippen molar-refractivity contribution in [2.75, 3.05) is 6.54 Å². The van der Waals surface area contributed by atoms with E-state index in [-0.39, 0.29) is 24.0 Å². The minimum absolute atomic E-state index is 0.0876. The Bertz CT molecular complexity index is 459. The molecular formula is C15H21NO4. The second kappa shape index (κ2) is 8.19. The lowest BCUT2D eigenvalue weighted by molar-refractivity contribution is -0.137. The molecule has 0 aromatic heterocycles.